The van der Waals surface area contributed by atoms with E-state index in [1.807, 2.05) is 0 Å². The molecule has 0 radical (unpaired) electrons. The summed E-state index contributed by atoms with van der Waals surface area (Å²) in [7, 11) is 0. The van der Waals surface area contributed by atoms with Crippen LogP contribution in [0.25, 0.3) is 0 Å². The van der Waals surface area contributed by atoms with Crippen molar-refractivity contribution in [2.45, 2.75) is 134 Å². The fourth-order valence-electron chi connectivity index (χ4n) is 10.9. The van der Waals surface area contributed by atoms with Crippen LogP contribution < -0.4 is 5.32 Å². The molecule has 236 valence electrons. The Morgan fingerprint density at radius 1 is 1.05 bits per heavy atom. The standard InChI is InChI=1S/C33H51NO8/c1-15-9-25-27(34-13-15)17(3)33(42-25)8-6-19-20(16(33)2)11-22-21(19)12-24(36)23-10-18(5-7-32(22,23)4)40-31-30(39)29(38)28(37)26(14-35)41-31/h15,17-19,21-23,25-31,34-35,37-39H,5-14H2,1-4H3. The zero-order valence-electron chi connectivity index (χ0n) is 25.6. The Morgan fingerprint density at radius 3 is 2.60 bits per heavy atom. The normalized spacial score (nSPS) is 55.8. The topological polar surface area (TPSA) is 138 Å². The summed E-state index contributed by atoms with van der Waals surface area (Å²) in [6, 6.07) is 0.416. The summed E-state index contributed by atoms with van der Waals surface area (Å²) >= 11 is 0. The summed E-state index contributed by atoms with van der Waals surface area (Å²) in [5.41, 5.74) is 2.73. The van der Waals surface area contributed by atoms with Crippen LogP contribution in [-0.2, 0) is 19.0 Å². The molecule has 3 heterocycles. The van der Waals surface area contributed by atoms with Crippen LogP contribution in [0.4, 0.5) is 0 Å². The van der Waals surface area contributed by atoms with Crippen LogP contribution >= 0.6 is 0 Å². The van der Waals surface area contributed by atoms with Gasteiger partial charge in [-0.3, -0.25) is 4.79 Å². The number of ketones is 1. The first kappa shape index (κ1) is 29.8. The molecule has 9 heteroatoms. The number of carbonyl (C=O) groups excluding carboxylic acids is 1. The number of allylic oxidation sites excluding steroid dienone is 1. The number of nitrogens with one attached hydrogen (secondary N) is 1. The summed E-state index contributed by atoms with van der Waals surface area (Å²) < 4.78 is 18.8. The third-order valence-corrected chi connectivity index (χ3v) is 13.4. The van der Waals surface area contributed by atoms with Gasteiger partial charge in [-0.15, -0.1) is 0 Å². The molecule has 3 saturated carbocycles. The van der Waals surface area contributed by atoms with Crippen molar-refractivity contribution in [3.63, 3.8) is 0 Å². The number of aliphatic hydroxyl groups is 4. The number of fused-ring (bicyclic) bond motifs is 6. The molecule has 6 fully saturated rings. The van der Waals surface area contributed by atoms with Gasteiger partial charge < -0.3 is 40.0 Å². The number of Topliss-reactive ketones (excluding diaryl/α,β-unsaturated/α-hetero) is 1. The highest BCUT2D eigenvalue weighted by Gasteiger charge is 2.63. The second-order valence-corrected chi connectivity index (χ2v) is 15.3. The summed E-state index contributed by atoms with van der Waals surface area (Å²) in [4.78, 5) is 13.8. The van der Waals surface area contributed by atoms with E-state index in [1.54, 1.807) is 5.57 Å². The first-order valence-corrected chi connectivity index (χ1v) is 16.6. The van der Waals surface area contributed by atoms with Crippen LogP contribution in [-0.4, -0.2) is 93.9 Å². The molecular formula is C33H51NO8. The molecule has 3 aliphatic heterocycles. The SMILES string of the molecule is CC1=C2CC3C(CC(=O)C4CC(OC5OC(CO)C(O)C(O)C5O)CCC43C)C2CCC12OC1CC(C)CNC1C2C. The number of ether oxygens (including phenoxy) is 3. The third-order valence-electron chi connectivity index (χ3n) is 13.4. The Hall–Kier alpha value is -0.910. The van der Waals surface area contributed by atoms with Gasteiger partial charge in [-0.05, 0) is 93.1 Å². The predicted octanol–water partition coefficient (Wildman–Crippen LogP) is 2.08. The zero-order valence-corrected chi connectivity index (χ0v) is 25.6. The van der Waals surface area contributed by atoms with Gasteiger partial charge in [0.25, 0.3) is 0 Å². The van der Waals surface area contributed by atoms with Crippen molar-refractivity contribution in [1.29, 1.82) is 0 Å². The maximum atomic E-state index is 13.8. The quantitative estimate of drug-likeness (QED) is 0.248. The van der Waals surface area contributed by atoms with E-state index in [9.17, 15) is 25.2 Å². The second-order valence-electron chi connectivity index (χ2n) is 15.3. The van der Waals surface area contributed by atoms with E-state index in [2.05, 4.69) is 33.0 Å². The number of hydrogen-bond donors (Lipinski definition) is 5. The minimum absolute atomic E-state index is 0.111. The van der Waals surface area contributed by atoms with Crippen molar-refractivity contribution in [2.75, 3.05) is 13.2 Å². The maximum Gasteiger partial charge on any atom is 0.186 e. The molecule has 5 N–H and O–H groups in total. The van der Waals surface area contributed by atoms with Crippen LogP contribution in [0.3, 0.4) is 0 Å². The van der Waals surface area contributed by atoms with E-state index in [4.69, 9.17) is 14.2 Å². The van der Waals surface area contributed by atoms with Crippen molar-refractivity contribution >= 4 is 5.78 Å². The zero-order chi connectivity index (χ0) is 29.7. The summed E-state index contributed by atoms with van der Waals surface area (Å²) in [5, 5.41) is 44.2. The van der Waals surface area contributed by atoms with Gasteiger partial charge in [0.1, 0.15) is 30.2 Å². The second kappa shape index (κ2) is 10.6. The van der Waals surface area contributed by atoms with Crippen LogP contribution in [0.1, 0.15) is 79.1 Å². The van der Waals surface area contributed by atoms with Crippen LogP contribution in [0, 0.1) is 40.9 Å². The molecule has 0 aromatic carbocycles. The fraction of sp³-hybridized carbons (Fsp3) is 0.909. The molecule has 0 aromatic heterocycles. The molecule has 16 unspecified atom stereocenters. The van der Waals surface area contributed by atoms with Crippen molar-refractivity contribution in [2.24, 2.45) is 40.9 Å². The average Bonchev–Trinajstić information content (AvgIpc) is 3.47. The lowest BCUT2D eigenvalue weighted by molar-refractivity contribution is -0.315. The largest absolute Gasteiger partial charge is 0.394 e. The highest BCUT2D eigenvalue weighted by atomic mass is 16.7. The van der Waals surface area contributed by atoms with Crippen molar-refractivity contribution < 1.29 is 39.4 Å². The van der Waals surface area contributed by atoms with E-state index in [0.29, 0.717) is 54.3 Å². The predicted molar refractivity (Wildman–Crippen MR) is 153 cm³/mol. The van der Waals surface area contributed by atoms with Gasteiger partial charge in [0.15, 0.2) is 6.29 Å². The van der Waals surface area contributed by atoms with Crippen molar-refractivity contribution in [1.82, 2.24) is 5.32 Å². The summed E-state index contributed by atoms with van der Waals surface area (Å²) in [5.74, 6) is 2.59. The first-order valence-electron chi connectivity index (χ1n) is 16.6. The van der Waals surface area contributed by atoms with E-state index >= 15 is 0 Å². The van der Waals surface area contributed by atoms with E-state index in [1.165, 1.54) is 5.57 Å². The van der Waals surface area contributed by atoms with Crippen LogP contribution in [0.15, 0.2) is 11.1 Å². The van der Waals surface area contributed by atoms with Gasteiger partial charge >= 0.3 is 0 Å². The van der Waals surface area contributed by atoms with Crippen LogP contribution in [0.5, 0.6) is 0 Å². The van der Waals surface area contributed by atoms with Gasteiger partial charge in [0.2, 0.25) is 0 Å². The molecule has 16 atom stereocenters. The molecule has 3 saturated heterocycles. The van der Waals surface area contributed by atoms with E-state index in [-0.39, 0.29) is 29.1 Å². The van der Waals surface area contributed by atoms with Crippen molar-refractivity contribution in [3.8, 4) is 0 Å². The average molecular weight is 590 g/mol. The van der Waals surface area contributed by atoms with Gasteiger partial charge in [0, 0.05) is 24.3 Å². The minimum Gasteiger partial charge on any atom is -0.394 e. The van der Waals surface area contributed by atoms with Crippen LogP contribution in [0.2, 0.25) is 0 Å². The minimum atomic E-state index is -1.47. The lowest BCUT2D eigenvalue weighted by Crippen LogP contribution is -2.60. The summed E-state index contributed by atoms with van der Waals surface area (Å²) in [6.45, 7) is 9.94. The maximum absolute atomic E-state index is 13.8. The highest BCUT2D eigenvalue weighted by Crippen LogP contribution is 2.66. The summed E-state index contributed by atoms with van der Waals surface area (Å²) in [6.07, 6.45) is 0.602. The van der Waals surface area contributed by atoms with Crippen molar-refractivity contribution in [3.05, 3.63) is 11.1 Å². The van der Waals surface area contributed by atoms with Gasteiger partial charge in [0.05, 0.1) is 24.4 Å². The Morgan fingerprint density at radius 2 is 1.83 bits per heavy atom. The Kier molecular flexibility index (Phi) is 7.50. The highest BCUT2D eigenvalue weighted by molar-refractivity contribution is 5.83. The molecule has 0 bridgehead atoms. The Balaban J connectivity index is 1.09. The molecule has 7 aliphatic rings. The van der Waals surface area contributed by atoms with Gasteiger partial charge in [-0.2, -0.15) is 0 Å². The molecule has 1 spiro atoms. The van der Waals surface area contributed by atoms with Gasteiger partial charge in [-0.25, -0.2) is 0 Å². The molecule has 9 nitrogen and oxygen atoms in total. The number of rotatable bonds is 3. The molecule has 42 heavy (non-hydrogen) atoms. The number of hydrogen-bond acceptors (Lipinski definition) is 9. The van der Waals surface area contributed by atoms with E-state index in [0.717, 1.165) is 45.1 Å². The fourth-order valence-corrected chi connectivity index (χ4v) is 10.9. The third kappa shape index (κ3) is 4.28. The lowest BCUT2D eigenvalue weighted by atomic mass is 9.51. The Bertz CT molecular complexity index is 1110. The monoisotopic (exact) mass is 589 g/mol. The first-order chi connectivity index (χ1) is 20.0. The molecule has 4 aliphatic carbocycles. The van der Waals surface area contributed by atoms with E-state index < -0.39 is 37.3 Å². The lowest BCUT2D eigenvalue weighted by Gasteiger charge is -2.53. The molecule has 0 aromatic rings. The Labute approximate surface area is 249 Å². The molecular weight excluding hydrogens is 538 g/mol. The number of piperidine rings is 1. The smallest absolute Gasteiger partial charge is 0.186 e. The van der Waals surface area contributed by atoms with Gasteiger partial charge in [-0.1, -0.05) is 26.3 Å². The number of aliphatic hydroxyl groups excluding tert-OH is 4. The number of carbonyl (C=O) groups is 1. The molecule has 7 rings (SSSR count). The molecule has 0 amide bonds.